The van der Waals surface area contributed by atoms with E-state index in [0.717, 1.165) is 44.3 Å². The van der Waals surface area contributed by atoms with E-state index in [-0.39, 0.29) is 18.3 Å². The predicted molar refractivity (Wildman–Crippen MR) is 103 cm³/mol. The Kier molecular flexibility index (Phi) is 6.65. The number of halogens is 1. The van der Waals surface area contributed by atoms with Crippen molar-refractivity contribution < 1.29 is 18.8 Å². The third-order valence-corrected chi connectivity index (χ3v) is 5.59. The fourth-order valence-electron chi connectivity index (χ4n) is 3.98. The van der Waals surface area contributed by atoms with Gasteiger partial charge < -0.3 is 14.7 Å². The summed E-state index contributed by atoms with van der Waals surface area (Å²) in [4.78, 5) is 43.1. The van der Waals surface area contributed by atoms with Crippen LogP contribution in [0.1, 0.15) is 44.6 Å². The summed E-state index contributed by atoms with van der Waals surface area (Å²) in [7, 11) is 0. The second-order valence-electron chi connectivity index (χ2n) is 7.52. The topological polar surface area (TPSA) is 60.9 Å². The van der Waals surface area contributed by atoms with Crippen LogP contribution in [0.4, 0.5) is 4.39 Å². The number of nitrogens with zero attached hydrogens (tertiary/aromatic N) is 3. The van der Waals surface area contributed by atoms with E-state index >= 15 is 0 Å². The lowest BCUT2D eigenvalue weighted by Gasteiger charge is -2.39. The summed E-state index contributed by atoms with van der Waals surface area (Å²) in [6.45, 7) is 4.29. The van der Waals surface area contributed by atoms with Crippen molar-refractivity contribution in [3.63, 3.8) is 0 Å². The fraction of sp³-hybridized carbons (Fsp3) is 0.571. The monoisotopic (exact) mass is 389 g/mol. The molecule has 2 aliphatic heterocycles. The Morgan fingerprint density at radius 3 is 2.21 bits per heavy atom. The first kappa shape index (κ1) is 20.3. The Morgan fingerprint density at radius 1 is 0.964 bits per heavy atom. The van der Waals surface area contributed by atoms with Crippen molar-refractivity contribution in [1.29, 1.82) is 0 Å². The van der Waals surface area contributed by atoms with Crippen molar-refractivity contribution in [3.05, 3.63) is 35.6 Å². The number of hydrogen-bond donors (Lipinski definition) is 0. The molecule has 0 spiro atoms. The molecule has 0 aromatic heterocycles. The van der Waals surface area contributed by atoms with Crippen molar-refractivity contribution in [1.82, 2.24) is 14.7 Å². The molecule has 0 bridgehead atoms. The molecule has 0 radical (unpaired) electrons. The molecule has 2 fully saturated rings. The number of carbonyl (C=O) groups excluding carboxylic acids is 3. The molecule has 0 unspecified atom stereocenters. The van der Waals surface area contributed by atoms with Crippen molar-refractivity contribution in [2.24, 2.45) is 0 Å². The first-order chi connectivity index (χ1) is 13.5. The number of benzene rings is 1. The minimum absolute atomic E-state index is 0.0439. The van der Waals surface area contributed by atoms with Gasteiger partial charge in [0.25, 0.3) is 0 Å². The second-order valence-corrected chi connectivity index (χ2v) is 7.52. The maximum Gasteiger partial charge on any atom is 0.312 e. The third kappa shape index (κ3) is 4.51. The van der Waals surface area contributed by atoms with Gasteiger partial charge in [0.05, 0.1) is 0 Å². The summed E-state index contributed by atoms with van der Waals surface area (Å²) < 4.78 is 13.1. The predicted octanol–water partition coefficient (Wildman–Crippen LogP) is 2.18. The summed E-state index contributed by atoms with van der Waals surface area (Å²) in [6.07, 6.45) is 4.72. The van der Waals surface area contributed by atoms with E-state index in [1.54, 1.807) is 12.1 Å². The normalized spacial score (nSPS) is 19.6. The molecular weight excluding hydrogens is 361 g/mol. The summed E-state index contributed by atoms with van der Waals surface area (Å²) in [5.41, 5.74) is 0.767. The molecule has 0 N–H and O–H groups in total. The van der Waals surface area contributed by atoms with Gasteiger partial charge in [0.1, 0.15) is 11.9 Å². The van der Waals surface area contributed by atoms with Crippen LogP contribution in [0.3, 0.4) is 0 Å². The molecule has 1 atom stereocenters. The lowest BCUT2D eigenvalue weighted by molar-refractivity contribution is -0.161. The van der Waals surface area contributed by atoms with E-state index in [1.165, 1.54) is 21.9 Å². The quantitative estimate of drug-likeness (QED) is 0.726. The molecule has 2 aliphatic rings. The Balaban J connectivity index is 1.66. The lowest BCUT2D eigenvalue weighted by Crippen LogP contribution is -2.60. The molecular formula is C21H28FN3O3. The van der Waals surface area contributed by atoms with E-state index < -0.39 is 17.9 Å². The zero-order valence-corrected chi connectivity index (χ0v) is 16.4. The van der Waals surface area contributed by atoms with Crippen molar-refractivity contribution >= 4 is 17.7 Å². The molecule has 2 saturated heterocycles. The molecule has 0 saturated carbocycles. The number of carbonyl (C=O) groups is 3. The summed E-state index contributed by atoms with van der Waals surface area (Å²) in [6, 6.07) is 5.31. The van der Waals surface area contributed by atoms with E-state index in [2.05, 4.69) is 0 Å². The van der Waals surface area contributed by atoms with Crippen LogP contribution in [0.15, 0.2) is 24.3 Å². The molecule has 7 heteroatoms. The summed E-state index contributed by atoms with van der Waals surface area (Å²) in [5, 5.41) is 0. The largest absolute Gasteiger partial charge is 0.341 e. The zero-order valence-electron chi connectivity index (χ0n) is 16.4. The van der Waals surface area contributed by atoms with E-state index in [9.17, 15) is 18.8 Å². The van der Waals surface area contributed by atoms with Crippen LogP contribution in [0.2, 0.25) is 0 Å². The highest BCUT2D eigenvalue weighted by Crippen LogP contribution is 2.18. The minimum Gasteiger partial charge on any atom is -0.341 e. The number of likely N-dealkylation sites (tertiary alicyclic amines) is 1. The van der Waals surface area contributed by atoms with Crippen LogP contribution in [0, 0.1) is 5.82 Å². The van der Waals surface area contributed by atoms with Gasteiger partial charge in [-0.15, -0.1) is 0 Å². The van der Waals surface area contributed by atoms with Gasteiger partial charge in [-0.1, -0.05) is 31.9 Å². The molecule has 152 valence electrons. The zero-order chi connectivity index (χ0) is 20.1. The van der Waals surface area contributed by atoms with Gasteiger partial charge in [-0.05, 0) is 37.0 Å². The summed E-state index contributed by atoms with van der Waals surface area (Å²) in [5.74, 6) is -1.60. The van der Waals surface area contributed by atoms with E-state index in [1.807, 2.05) is 11.8 Å². The van der Waals surface area contributed by atoms with Gasteiger partial charge in [-0.25, -0.2) is 4.39 Å². The molecule has 1 aromatic rings. The molecule has 3 amide bonds. The van der Waals surface area contributed by atoms with Gasteiger partial charge >= 0.3 is 11.8 Å². The van der Waals surface area contributed by atoms with Crippen LogP contribution in [0.5, 0.6) is 0 Å². The Bertz CT molecular complexity index is 714. The maximum atomic E-state index is 13.1. The highest BCUT2D eigenvalue weighted by Gasteiger charge is 2.39. The first-order valence-corrected chi connectivity index (χ1v) is 10.1. The first-order valence-electron chi connectivity index (χ1n) is 10.1. The second kappa shape index (κ2) is 9.17. The molecule has 6 nitrogen and oxygen atoms in total. The van der Waals surface area contributed by atoms with Crippen molar-refractivity contribution in [2.45, 2.75) is 51.6 Å². The lowest BCUT2D eigenvalue weighted by atomic mass is 10.1. The smallest absolute Gasteiger partial charge is 0.312 e. The van der Waals surface area contributed by atoms with Crippen LogP contribution in [-0.2, 0) is 20.9 Å². The molecule has 0 aliphatic carbocycles. The fourth-order valence-corrected chi connectivity index (χ4v) is 3.98. The van der Waals surface area contributed by atoms with Crippen molar-refractivity contribution in [2.75, 3.05) is 26.2 Å². The molecule has 28 heavy (non-hydrogen) atoms. The van der Waals surface area contributed by atoms with Gasteiger partial charge in [0.15, 0.2) is 0 Å². The van der Waals surface area contributed by atoms with Crippen LogP contribution in [-0.4, -0.2) is 64.6 Å². The molecule has 2 heterocycles. The minimum atomic E-state index is -0.622. The van der Waals surface area contributed by atoms with Gasteiger partial charge in [0, 0.05) is 32.7 Å². The van der Waals surface area contributed by atoms with Crippen LogP contribution >= 0.6 is 0 Å². The van der Waals surface area contributed by atoms with Crippen LogP contribution < -0.4 is 0 Å². The van der Waals surface area contributed by atoms with Crippen molar-refractivity contribution in [3.8, 4) is 0 Å². The average molecular weight is 389 g/mol. The van der Waals surface area contributed by atoms with Gasteiger partial charge in [-0.2, -0.15) is 0 Å². The standard InChI is InChI=1S/C21H28FN3O3/c1-2-18(19(26)23-11-5-3-4-6-12-23)25-14-13-24(20(27)21(25)28)15-16-7-9-17(22)10-8-16/h7-10,18H,2-6,11-15H2,1H3/t18-/m0/s1. The number of rotatable bonds is 5. The highest BCUT2D eigenvalue weighted by atomic mass is 19.1. The Morgan fingerprint density at radius 2 is 1.61 bits per heavy atom. The number of piperazine rings is 1. The highest BCUT2D eigenvalue weighted by molar-refractivity contribution is 6.35. The molecule has 3 rings (SSSR count). The van der Waals surface area contributed by atoms with Crippen LogP contribution in [0.25, 0.3) is 0 Å². The SMILES string of the molecule is CC[C@@H](C(=O)N1CCCCCC1)N1CCN(Cc2ccc(F)cc2)C(=O)C1=O. The van der Waals surface area contributed by atoms with E-state index in [4.69, 9.17) is 0 Å². The molecule has 1 aromatic carbocycles. The average Bonchev–Trinajstić information content (AvgIpc) is 2.98. The van der Waals surface area contributed by atoms with Gasteiger partial charge in [0.2, 0.25) is 5.91 Å². The Labute approximate surface area is 165 Å². The maximum absolute atomic E-state index is 13.1. The van der Waals surface area contributed by atoms with Gasteiger partial charge in [-0.3, -0.25) is 14.4 Å². The Hall–Kier alpha value is -2.44. The van der Waals surface area contributed by atoms with E-state index in [0.29, 0.717) is 19.5 Å². The number of amides is 3. The summed E-state index contributed by atoms with van der Waals surface area (Å²) >= 11 is 0. The third-order valence-electron chi connectivity index (χ3n) is 5.59. The number of hydrogen-bond acceptors (Lipinski definition) is 3.